The Morgan fingerprint density at radius 2 is 1.52 bits per heavy atom. The molecule has 25 heteroatoms. The molecule has 0 aliphatic carbocycles. The number of fused-ring (bicyclic) bond motifs is 2. The van der Waals surface area contributed by atoms with E-state index in [0.717, 1.165) is 79.4 Å². The molecule has 86 heavy (non-hydrogen) atoms. The van der Waals surface area contributed by atoms with Gasteiger partial charge in [0.15, 0.2) is 11.4 Å². The second-order valence-corrected chi connectivity index (χ2v) is 26.5. The van der Waals surface area contributed by atoms with E-state index >= 15 is 8.63 Å². The first-order valence-electron chi connectivity index (χ1n) is 30.2. The fourth-order valence-electron chi connectivity index (χ4n) is 10.7. The van der Waals surface area contributed by atoms with E-state index in [0.29, 0.717) is 90.7 Å². The molecule has 6 rings (SSSR count). The number of benzene rings is 1. The lowest BCUT2D eigenvalue weighted by Gasteiger charge is -2.31. The van der Waals surface area contributed by atoms with Crippen LogP contribution in [0.25, 0.3) is 18.2 Å². The predicted octanol–water partition coefficient (Wildman–Crippen LogP) is 4.49. The van der Waals surface area contributed by atoms with Crippen molar-refractivity contribution in [2.75, 3.05) is 94.4 Å². The van der Waals surface area contributed by atoms with Crippen molar-refractivity contribution in [1.29, 1.82) is 0 Å². The summed E-state index contributed by atoms with van der Waals surface area (Å²) in [5.41, 5.74) is 4.59. The van der Waals surface area contributed by atoms with Gasteiger partial charge in [-0.25, -0.2) is 13.2 Å². The van der Waals surface area contributed by atoms with E-state index in [2.05, 4.69) is 63.2 Å². The van der Waals surface area contributed by atoms with E-state index < -0.39 is 58.6 Å². The van der Waals surface area contributed by atoms with Crippen LogP contribution in [0, 0.1) is 6.92 Å². The Labute approximate surface area is 505 Å². The first-order valence-corrected chi connectivity index (χ1v) is 31.8. The van der Waals surface area contributed by atoms with E-state index in [1.807, 2.05) is 26.1 Å². The highest BCUT2D eigenvalue weighted by molar-refractivity contribution is 7.85. The number of H-pyrrole nitrogens is 1. The number of amides is 5. The molecule has 0 radical (unpaired) electrons. The number of unbranched alkanes of at least 4 members (excludes halogenated alkanes) is 3. The van der Waals surface area contributed by atoms with Gasteiger partial charge < -0.3 is 66.5 Å². The molecule has 5 heterocycles. The van der Waals surface area contributed by atoms with Gasteiger partial charge in [0.1, 0.15) is 23.5 Å². The number of aryl methyl sites for hydroxylation is 2. The molecule has 1 saturated heterocycles. The first-order chi connectivity index (χ1) is 40.5. The Morgan fingerprint density at radius 3 is 2.17 bits per heavy atom. The van der Waals surface area contributed by atoms with Crippen molar-refractivity contribution in [3.63, 3.8) is 0 Å². The molecule has 0 bridgehead atoms. The van der Waals surface area contributed by atoms with E-state index in [1.54, 1.807) is 61.5 Å². The number of carbonyl (C=O) groups is 6. The molecule has 1 fully saturated rings. The Kier molecular flexibility index (Phi) is 24.4. The third-order valence-corrected chi connectivity index (χ3v) is 16.2. The number of ether oxygens (including phenoxy) is 1. The molecule has 21 nitrogen and oxygen atoms in total. The minimum absolute atomic E-state index is 0.0262. The molecule has 3 aromatic rings. The highest BCUT2D eigenvalue weighted by Crippen LogP contribution is 2.40. The van der Waals surface area contributed by atoms with Gasteiger partial charge in [0.25, 0.3) is 11.8 Å². The van der Waals surface area contributed by atoms with Crippen molar-refractivity contribution in [2.45, 2.75) is 129 Å². The van der Waals surface area contributed by atoms with Gasteiger partial charge >= 0.3 is 12.9 Å². The minimum Gasteiger partial charge on any atom is -0.748 e. The molecule has 3 aliphatic heterocycles. The maximum atomic E-state index is 17.5. The molecule has 1 aromatic carbocycles. The third kappa shape index (κ3) is 20.7. The summed E-state index contributed by atoms with van der Waals surface area (Å²) in [6, 6.07) is 10.6. The topological polar surface area (TPSA) is 246 Å². The standard InChI is InChI=1S/C61H89BF2N10O11S/c1-10-50(61(80)68-52(21-13-15-37-73(4,5)6)60(79)65-34-36-69(3)35-14-11-12-23-59(78)85-72-57(76)32-33-58(72)77)67-56(75)22-17-39-84-49-29-26-45(27-30-49)25-28-48-41-46(20-18-40-86(81,82)83)53-43-54-47(19-16-38-74(7,8)9)42-55(51-31-24-44(2)66-51)71(54)62(63,64)70(48)53/h24-31,41-43,50,52,66H,10-23,32-40H2,1-9H3,(H2-2,65,67,68,75,79,80,81,82,83)/p+2/b28-25+. The maximum absolute atomic E-state index is 17.5. The molecule has 472 valence electrons. The van der Waals surface area contributed by atoms with E-state index in [-0.39, 0.29) is 68.3 Å². The summed E-state index contributed by atoms with van der Waals surface area (Å²) in [7, 11) is 10.0. The first kappa shape index (κ1) is 68.3. The monoisotopic (exact) mass is 1220 g/mol. The van der Waals surface area contributed by atoms with Crippen LogP contribution in [-0.2, 0) is 50.1 Å². The minimum atomic E-state index is -4.53. The SMILES string of the molecule is CCC(NC(=O)CCCOc1ccc(/C=C/c2cc(CCCS(=O)(=O)[O-])c3n2[B-](F)(F)[N+]2=C(c4ccc(C)[nH]4)C=C(CCC[N+](C)(C)C)C2=C3)cc1)C(=O)NC(CCCC[N+](C)(C)C)C(=O)NCC[NH+](C)CCCCCC(=O)ON1C(=O)CCC1=O. The number of hydroxylamine groups is 2. The zero-order valence-electron chi connectivity index (χ0n) is 51.7. The van der Waals surface area contributed by atoms with Crippen LogP contribution in [0.5, 0.6) is 5.75 Å². The lowest BCUT2D eigenvalue weighted by atomic mass is 9.88. The number of aromatic amines is 1. The van der Waals surface area contributed by atoms with Crippen LogP contribution >= 0.6 is 0 Å². The molecular formula is C61H91BF2N10O11S+2. The molecule has 3 atom stereocenters. The van der Waals surface area contributed by atoms with Gasteiger partial charge in [-0.2, -0.15) is 0 Å². The zero-order valence-corrected chi connectivity index (χ0v) is 52.6. The van der Waals surface area contributed by atoms with Crippen LogP contribution < -0.4 is 25.6 Å². The number of aromatic nitrogens is 2. The van der Waals surface area contributed by atoms with Crippen LogP contribution in [0.2, 0.25) is 0 Å². The fraction of sp³-hybridized carbons (Fsp3) is 0.557. The van der Waals surface area contributed by atoms with Crippen LogP contribution in [0.15, 0.2) is 59.8 Å². The Hall–Kier alpha value is -6.80. The number of allylic oxidation sites excluding steroid dienone is 2. The third-order valence-electron chi connectivity index (χ3n) is 15.4. The summed E-state index contributed by atoms with van der Waals surface area (Å²) in [6.07, 6.45) is 13.2. The van der Waals surface area contributed by atoms with Gasteiger partial charge in [0.05, 0.1) is 98.8 Å². The van der Waals surface area contributed by atoms with Gasteiger partial charge in [-0.3, -0.25) is 24.0 Å². The van der Waals surface area contributed by atoms with Crippen LogP contribution in [-0.4, -0.2) is 196 Å². The number of rotatable bonds is 36. The van der Waals surface area contributed by atoms with Crippen molar-refractivity contribution < 1.29 is 78.3 Å². The van der Waals surface area contributed by atoms with E-state index in [4.69, 9.17) is 9.57 Å². The highest BCUT2D eigenvalue weighted by atomic mass is 32.2. The molecule has 3 unspecified atom stereocenters. The highest BCUT2D eigenvalue weighted by Gasteiger charge is 2.55. The number of halogens is 2. The van der Waals surface area contributed by atoms with Crippen LogP contribution in [0.3, 0.4) is 0 Å². The summed E-state index contributed by atoms with van der Waals surface area (Å²) < 4.78 is 79.4. The van der Waals surface area contributed by atoms with Crippen LogP contribution in [0.1, 0.15) is 137 Å². The summed E-state index contributed by atoms with van der Waals surface area (Å²) in [6.45, 7) is 2.83. The second-order valence-electron chi connectivity index (χ2n) is 25.0. The second kappa shape index (κ2) is 30.7. The predicted molar refractivity (Wildman–Crippen MR) is 325 cm³/mol. The van der Waals surface area contributed by atoms with Gasteiger partial charge in [0, 0.05) is 72.7 Å². The van der Waals surface area contributed by atoms with Gasteiger partial charge in [-0.1, -0.05) is 25.1 Å². The van der Waals surface area contributed by atoms with Crippen molar-refractivity contribution >= 4 is 76.5 Å². The fourth-order valence-corrected chi connectivity index (χ4v) is 11.2. The number of imide groups is 1. The van der Waals surface area contributed by atoms with Gasteiger partial charge in [-0.15, -0.1) is 5.06 Å². The quantitative estimate of drug-likeness (QED) is 0.0179. The van der Waals surface area contributed by atoms with E-state index in [1.165, 1.54) is 0 Å². The Bertz CT molecular complexity index is 3120. The zero-order chi connectivity index (χ0) is 63.0. The number of hydrogen-bond acceptors (Lipinski definition) is 11. The summed E-state index contributed by atoms with van der Waals surface area (Å²) >= 11 is 0. The Balaban J connectivity index is 1.00. The van der Waals surface area contributed by atoms with E-state index in [9.17, 15) is 41.7 Å². The summed E-state index contributed by atoms with van der Waals surface area (Å²) in [5, 5.41) is 9.26. The molecular weight excluding hydrogens is 1130 g/mol. The smallest absolute Gasteiger partial charge is 0.737 e. The number of likely N-dealkylation sites (N-methyl/N-ethyl adjacent to an activating group) is 1. The Morgan fingerprint density at radius 1 is 0.826 bits per heavy atom. The average molecular weight is 1220 g/mol. The number of nitrogens with zero attached hydrogens (tertiary/aromatic N) is 5. The van der Waals surface area contributed by atoms with Crippen molar-refractivity contribution in [2.24, 2.45) is 0 Å². The molecule has 0 spiro atoms. The number of nitrogens with one attached hydrogen (secondary N) is 5. The molecule has 3 aliphatic rings. The summed E-state index contributed by atoms with van der Waals surface area (Å²) in [5.74, 6) is -2.85. The maximum Gasteiger partial charge on any atom is 0.737 e. The van der Waals surface area contributed by atoms with Crippen LogP contribution in [0.4, 0.5) is 8.63 Å². The molecule has 2 aromatic heterocycles. The van der Waals surface area contributed by atoms with Gasteiger partial charge in [-0.05, 0) is 125 Å². The molecule has 5 N–H and O–H groups in total. The molecule has 0 saturated carbocycles. The number of carbonyl (C=O) groups excluding carboxylic acids is 6. The summed E-state index contributed by atoms with van der Waals surface area (Å²) in [4.78, 5) is 85.3. The number of quaternary nitrogens is 3. The lowest BCUT2D eigenvalue weighted by Crippen LogP contribution is -3.09. The van der Waals surface area contributed by atoms with Crippen molar-refractivity contribution in [3.05, 3.63) is 93.7 Å². The normalized spacial score (nSPS) is 16.2. The molecule has 5 amide bonds. The van der Waals surface area contributed by atoms with Crippen molar-refractivity contribution in [3.8, 4) is 5.75 Å². The van der Waals surface area contributed by atoms with Gasteiger partial charge in [0.2, 0.25) is 17.7 Å². The number of hydrogen-bond donors (Lipinski definition) is 5. The largest absolute Gasteiger partial charge is 0.748 e. The average Bonchev–Trinajstić information content (AvgIpc) is 1.54. The van der Waals surface area contributed by atoms with Crippen molar-refractivity contribution in [1.82, 2.24) is 30.5 Å². The lowest BCUT2D eigenvalue weighted by molar-refractivity contribution is -0.878.